The SMILES string of the molecule is C[C@H](OC(=O)c1ccc(CS(C)(=O)=O)cc1)c1nnc(-c2cccs2)o1. The zero-order valence-electron chi connectivity index (χ0n) is 14.1. The first kappa shape index (κ1) is 18.3. The fourth-order valence-electron chi connectivity index (χ4n) is 2.22. The van der Waals surface area contributed by atoms with Gasteiger partial charge in [-0.05, 0) is 36.1 Å². The molecule has 0 saturated carbocycles. The summed E-state index contributed by atoms with van der Waals surface area (Å²) >= 11 is 1.47. The Kier molecular flexibility index (Phi) is 5.19. The average Bonchev–Trinajstić information content (AvgIpc) is 3.25. The summed E-state index contributed by atoms with van der Waals surface area (Å²) in [6.45, 7) is 1.64. The first-order chi connectivity index (χ1) is 12.3. The number of sulfone groups is 1. The topological polar surface area (TPSA) is 99.4 Å². The van der Waals surface area contributed by atoms with Gasteiger partial charge in [-0.1, -0.05) is 18.2 Å². The van der Waals surface area contributed by atoms with Crippen molar-refractivity contribution in [2.75, 3.05) is 6.26 Å². The molecule has 136 valence electrons. The highest BCUT2D eigenvalue weighted by atomic mass is 32.2. The third-order valence-electron chi connectivity index (χ3n) is 3.42. The summed E-state index contributed by atoms with van der Waals surface area (Å²) in [6.07, 6.45) is 0.450. The molecule has 1 aromatic carbocycles. The lowest BCUT2D eigenvalue weighted by molar-refractivity contribution is 0.0280. The van der Waals surface area contributed by atoms with Crippen LogP contribution in [0.15, 0.2) is 46.2 Å². The molecule has 0 aliphatic heterocycles. The summed E-state index contributed by atoms with van der Waals surface area (Å²) in [6, 6.07) is 9.96. The number of aromatic nitrogens is 2. The van der Waals surface area contributed by atoms with E-state index in [2.05, 4.69) is 10.2 Å². The van der Waals surface area contributed by atoms with Crippen molar-refractivity contribution < 1.29 is 22.4 Å². The molecule has 2 heterocycles. The van der Waals surface area contributed by atoms with Crippen molar-refractivity contribution in [2.24, 2.45) is 0 Å². The molecule has 7 nitrogen and oxygen atoms in total. The van der Waals surface area contributed by atoms with Gasteiger partial charge in [0.05, 0.1) is 16.2 Å². The normalized spacial score (nSPS) is 12.7. The van der Waals surface area contributed by atoms with E-state index in [1.54, 1.807) is 19.1 Å². The molecule has 0 spiro atoms. The second-order valence-electron chi connectivity index (χ2n) is 5.74. The van der Waals surface area contributed by atoms with E-state index in [0.29, 0.717) is 17.0 Å². The predicted octanol–water partition coefficient (Wildman–Crippen LogP) is 3.26. The van der Waals surface area contributed by atoms with Crippen LogP contribution in [0.1, 0.15) is 34.8 Å². The molecule has 2 aromatic heterocycles. The van der Waals surface area contributed by atoms with Gasteiger partial charge in [-0.3, -0.25) is 0 Å². The van der Waals surface area contributed by atoms with Crippen LogP contribution in [-0.4, -0.2) is 30.8 Å². The Morgan fingerprint density at radius 1 is 1.23 bits per heavy atom. The molecule has 0 unspecified atom stereocenters. The monoisotopic (exact) mass is 392 g/mol. The van der Waals surface area contributed by atoms with Crippen LogP contribution >= 0.6 is 11.3 Å². The van der Waals surface area contributed by atoms with Crippen molar-refractivity contribution in [1.82, 2.24) is 10.2 Å². The Hall–Kier alpha value is -2.52. The third kappa shape index (κ3) is 4.55. The van der Waals surface area contributed by atoms with Crippen LogP contribution in [0.3, 0.4) is 0 Å². The van der Waals surface area contributed by atoms with E-state index in [0.717, 1.165) is 11.1 Å². The van der Waals surface area contributed by atoms with Crippen molar-refractivity contribution in [1.29, 1.82) is 0 Å². The van der Waals surface area contributed by atoms with E-state index in [9.17, 15) is 13.2 Å². The van der Waals surface area contributed by atoms with E-state index in [4.69, 9.17) is 9.15 Å². The number of carbonyl (C=O) groups excluding carboxylic acids is 1. The van der Waals surface area contributed by atoms with Crippen LogP contribution in [0, 0.1) is 0 Å². The van der Waals surface area contributed by atoms with Gasteiger partial charge in [-0.15, -0.1) is 21.5 Å². The minimum Gasteiger partial charge on any atom is -0.449 e. The predicted molar refractivity (Wildman–Crippen MR) is 96.4 cm³/mol. The molecular formula is C17H16N2O5S2. The van der Waals surface area contributed by atoms with Crippen molar-refractivity contribution in [3.8, 4) is 10.8 Å². The second kappa shape index (κ2) is 7.38. The highest BCUT2D eigenvalue weighted by Gasteiger charge is 2.20. The van der Waals surface area contributed by atoms with Crippen molar-refractivity contribution in [3.63, 3.8) is 0 Å². The Morgan fingerprint density at radius 3 is 2.58 bits per heavy atom. The molecule has 0 amide bonds. The Balaban J connectivity index is 1.66. The lowest BCUT2D eigenvalue weighted by Crippen LogP contribution is -2.10. The van der Waals surface area contributed by atoms with E-state index in [-0.39, 0.29) is 11.6 Å². The zero-order valence-corrected chi connectivity index (χ0v) is 15.7. The molecule has 0 aliphatic carbocycles. The van der Waals surface area contributed by atoms with E-state index < -0.39 is 21.9 Å². The quantitative estimate of drug-likeness (QED) is 0.594. The minimum absolute atomic E-state index is 0.0772. The molecule has 0 aliphatic rings. The van der Waals surface area contributed by atoms with E-state index in [1.807, 2.05) is 17.5 Å². The lowest BCUT2D eigenvalue weighted by Gasteiger charge is -2.09. The molecule has 26 heavy (non-hydrogen) atoms. The number of carbonyl (C=O) groups is 1. The number of rotatable bonds is 6. The van der Waals surface area contributed by atoms with Gasteiger partial charge in [0.2, 0.25) is 0 Å². The number of thiophene rings is 1. The fourth-order valence-corrected chi connectivity index (χ4v) is 3.66. The van der Waals surface area contributed by atoms with Gasteiger partial charge in [0, 0.05) is 6.26 Å². The zero-order chi connectivity index (χ0) is 18.7. The van der Waals surface area contributed by atoms with E-state index >= 15 is 0 Å². The van der Waals surface area contributed by atoms with Gasteiger partial charge >= 0.3 is 5.97 Å². The number of ether oxygens (including phenoxy) is 1. The van der Waals surface area contributed by atoms with Crippen LogP contribution in [0.2, 0.25) is 0 Å². The molecule has 1 atom stereocenters. The average molecular weight is 392 g/mol. The number of nitrogens with zero attached hydrogens (tertiary/aromatic N) is 2. The van der Waals surface area contributed by atoms with Crippen molar-refractivity contribution >= 4 is 27.1 Å². The summed E-state index contributed by atoms with van der Waals surface area (Å²) < 4.78 is 33.5. The van der Waals surface area contributed by atoms with E-state index in [1.165, 1.54) is 23.5 Å². The van der Waals surface area contributed by atoms with Gasteiger partial charge in [0.25, 0.3) is 11.8 Å². The molecule has 9 heteroatoms. The maximum atomic E-state index is 12.2. The summed E-state index contributed by atoms with van der Waals surface area (Å²) in [5, 5.41) is 9.77. The number of hydrogen-bond acceptors (Lipinski definition) is 8. The minimum atomic E-state index is -3.12. The van der Waals surface area contributed by atoms with Crippen LogP contribution in [0.25, 0.3) is 10.8 Å². The number of esters is 1. The molecule has 0 radical (unpaired) electrons. The highest BCUT2D eigenvalue weighted by molar-refractivity contribution is 7.89. The van der Waals surface area contributed by atoms with Crippen LogP contribution in [0.5, 0.6) is 0 Å². The smallest absolute Gasteiger partial charge is 0.338 e. The summed E-state index contributed by atoms with van der Waals surface area (Å²) in [5.74, 6) is -0.0515. The number of benzene rings is 1. The first-order valence-corrected chi connectivity index (χ1v) is 10.6. The van der Waals surface area contributed by atoms with Gasteiger partial charge in [-0.2, -0.15) is 0 Å². The molecular weight excluding hydrogens is 376 g/mol. The largest absolute Gasteiger partial charge is 0.449 e. The maximum absolute atomic E-state index is 12.2. The maximum Gasteiger partial charge on any atom is 0.338 e. The standard InChI is InChI=1S/C17H16N2O5S2/c1-11(15-18-19-16(24-15)14-4-3-9-25-14)23-17(20)13-7-5-12(6-8-13)10-26(2,21)22/h3-9,11H,10H2,1-2H3/t11-/m0/s1. The lowest BCUT2D eigenvalue weighted by atomic mass is 10.1. The van der Waals surface area contributed by atoms with Gasteiger partial charge in [0.1, 0.15) is 0 Å². The summed E-state index contributed by atoms with van der Waals surface area (Å²) in [7, 11) is -3.12. The highest BCUT2D eigenvalue weighted by Crippen LogP contribution is 2.26. The van der Waals surface area contributed by atoms with Crippen LogP contribution in [0.4, 0.5) is 0 Å². The molecule has 3 aromatic rings. The molecule has 3 rings (SSSR count). The number of hydrogen-bond donors (Lipinski definition) is 0. The second-order valence-corrected chi connectivity index (χ2v) is 8.83. The first-order valence-electron chi connectivity index (χ1n) is 7.67. The summed E-state index contributed by atoms with van der Waals surface area (Å²) in [5.41, 5.74) is 0.918. The summed E-state index contributed by atoms with van der Waals surface area (Å²) in [4.78, 5) is 13.1. The van der Waals surface area contributed by atoms with Crippen LogP contribution in [-0.2, 0) is 20.3 Å². The molecule has 0 fully saturated rings. The van der Waals surface area contributed by atoms with Crippen molar-refractivity contribution in [2.45, 2.75) is 18.8 Å². The van der Waals surface area contributed by atoms with Gasteiger partial charge in [0.15, 0.2) is 15.9 Å². The van der Waals surface area contributed by atoms with Gasteiger partial charge in [-0.25, -0.2) is 13.2 Å². The Morgan fingerprint density at radius 2 is 1.96 bits per heavy atom. The van der Waals surface area contributed by atoms with Crippen molar-refractivity contribution in [3.05, 3.63) is 58.8 Å². The van der Waals surface area contributed by atoms with Crippen LogP contribution < -0.4 is 0 Å². The third-order valence-corrected chi connectivity index (χ3v) is 5.14. The molecule has 0 bridgehead atoms. The Bertz CT molecular complexity index is 992. The molecule has 0 saturated heterocycles. The fraction of sp³-hybridized carbons (Fsp3) is 0.235. The van der Waals surface area contributed by atoms with Gasteiger partial charge < -0.3 is 9.15 Å². The molecule has 0 N–H and O–H groups in total. The Labute approximate surface area is 154 Å².